The van der Waals surface area contributed by atoms with Crippen molar-refractivity contribution in [3.63, 3.8) is 0 Å². The molecule has 0 aliphatic carbocycles. The molecule has 1 rings (SSSR count). The van der Waals surface area contributed by atoms with Gasteiger partial charge < -0.3 is 20.7 Å². The molecule has 0 saturated carbocycles. The molecule has 0 aliphatic rings. The van der Waals surface area contributed by atoms with E-state index >= 15 is 0 Å². The Morgan fingerprint density at radius 1 is 1.35 bits per heavy atom. The van der Waals surface area contributed by atoms with Crippen molar-refractivity contribution in [1.82, 2.24) is 10.2 Å². The molecule has 1 aromatic carbocycles. The number of benzene rings is 1. The minimum atomic E-state index is -0.345. The molecule has 0 heterocycles. The van der Waals surface area contributed by atoms with Gasteiger partial charge >= 0.3 is 0 Å². The van der Waals surface area contributed by atoms with Crippen LogP contribution in [0, 0.1) is 6.92 Å². The van der Waals surface area contributed by atoms with Crippen molar-refractivity contribution in [3.05, 3.63) is 29.8 Å². The number of ether oxygens (including phenoxy) is 1. The molecular weight excluding hydrogens is 258 g/mol. The Bertz CT molecular complexity index is 463. The van der Waals surface area contributed by atoms with E-state index in [2.05, 4.69) is 5.32 Å². The Morgan fingerprint density at radius 2 is 2.05 bits per heavy atom. The van der Waals surface area contributed by atoms with Gasteiger partial charge in [-0.15, -0.1) is 0 Å². The normalized spacial score (nSPS) is 9.95. The molecule has 6 nitrogen and oxygen atoms in total. The minimum absolute atomic E-state index is 0.0447. The highest BCUT2D eigenvalue weighted by molar-refractivity contribution is 5.85. The van der Waals surface area contributed by atoms with Crippen LogP contribution in [0.1, 0.15) is 5.56 Å². The van der Waals surface area contributed by atoms with Gasteiger partial charge in [0.2, 0.25) is 11.8 Å². The van der Waals surface area contributed by atoms with Crippen LogP contribution in [0.15, 0.2) is 24.3 Å². The summed E-state index contributed by atoms with van der Waals surface area (Å²) in [4.78, 5) is 24.1. The first-order valence-electron chi connectivity index (χ1n) is 6.43. The number of hydrogen-bond donors (Lipinski definition) is 2. The largest absolute Gasteiger partial charge is 0.491 e. The second-order valence-corrected chi connectivity index (χ2v) is 4.41. The predicted molar refractivity (Wildman–Crippen MR) is 76.4 cm³/mol. The molecule has 3 N–H and O–H groups in total. The number of likely N-dealkylation sites (N-methyl/N-ethyl adjacent to an activating group) is 1. The zero-order chi connectivity index (χ0) is 15.0. The van der Waals surface area contributed by atoms with Gasteiger partial charge in [0.15, 0.2) is 0 Å². The minimum Gasteiger partial charge on any atom is -0.491 e. The molecule has 6 heteroatoms. The molecule has 0 bridgehead atoms. The van der Waals surface area contributed by atoms with Gasteiger partial charge in [-0.1, -0.05) is 18.2 Å². The third kappa shape index (κ3) is 5.27. The third-order valence-electron chi connectivity index (χ3n) is 2.83. The lowest BCUT2D eigenvalue weighted by Crippen LogP contribution is -2.41. The van der Waals surface area contributed by atoms with E-state index in [4.69, 9.17) is 10.5 Å². The molecule has 0 aromatic heterocycles. The van der Waals surface area contributed by atoms with Crippen molar-refractivity contribution in [1.29, 1.82) is 0 Å². The fourth-order valence-electron chi connectivity index (χ4n) is 1.52. The number of carbonyl (C=O) groups excluding carboxylic acids is 2. The Hall–Kier alpha value is -2.08. The van der Waals surface area contributed by atoms with Crippen molar-refractivity contribution in [2.75, 3.05) is 33.3 Å². The van der Waals surface area contributed by atoms with Crippen molar-refractivity contribution in [2.24, 2.45) is 5.73 Å². The first-order chi connectivity index (χ1) is 9.54. The number of hydrogen-bond acceptors (Lipinski definition) is 4. The van der Waals surface area contributed by atoms with Crippen LogP contribution in [0.2, 0.25) is 0 Å². The van der Waals surface area contributed by atoms with Gasteiger partial charge in [-0.3, -0.25) is 9.59 Å². The van der Waals surface area contributed by atoms with Gasteiger partial charge in [0.1, 0.15) is 12.4 Å². The second kappa shape index (κ2) is 8.16. The maximum Gasteiger partial charge on any atom is 0.241 e. The van der Waals surface area contributed by atoms with Crippen LogP contribution in [0.4, 0.5) is 0 Å². The van der Waals surface area contributed by atoms with Crippen LogP contribution in [-0.2, 0) is 9.59 Å². The summed E-state index contributed by atoms with van der Waals surface area (Å²) >= 11 is 0. The van der Waals surface area contributed by atoms with Gasteiger partial charge in [0, 0.05) is 7.05 Å². The summed E-state index contributed by atoms with van der Waals surface area (Å²) in [6.07, 6.45) is 0. The van der Waals surface area contributed by atoms with Crippen LogP contribution < -0.4 is 15.8 Å². The van der Waals surface area contributed by atoms with E-state index in [-0.39, 0.29) is 24.9 Å². The number of rotatable bonds is 7. The summed E-state index contributed by atoms with van der Waals surface area (Å²) in [7, 11) is 1.66. The molecule has 0 radical (unpaired) electrons. The molecule has 0 fully saturated rings. The molecule has 0 saturated heterocycles. The van der Waals surface area contributed by atoms with Crippen LogP contribution in [-0.4, -0.2) is 50.0 Å². The van der Waals surface area contributed by atoms with Gasteiger partial charge in [-0.05, 0) is 18.6 Å². The summed E-state index contributed by atoms with van der Waals surface area (Å²) < 4.78 is 5.60. The topological polar surface area (TPSA) is 84.7 Å². The van der Waals surface area contributed by atoms with Crippen molar-refractivity contribution < 1.29 is 14.3 Å². The van der Waals surface area contributed by atoms with E-state index in [0.29, 0.717) is 13.2 Å². The third-order valence-corrected chi connectivity index (χ3v) is 2.83. The summed E-state index contributed by atoms with van der Waals surface area (Å²) in [5.41, 5.74) is 6.19. The maximum absolute atomic E-state index is 11.7. The Balaban J connectivity index is 2.29. The standard InChI is InChI=1S/C14H21N3O3/c1-11-5-3-4-6-12(11)20-8-7-17(2)14(19)10-16-13(18)9-15/h3-6H,7-10,15H2,1-2H3,(H,16,18). The first kappa shape index (κ1) is 16.0. The molecule has 20 heavy (non-hydrogen) atoms. The molecule has 0 unspecified atom stereocenters. The highest BCUT2D eigenvalue weighted by Gasteiger charge is 2.09. The lowest BCUT2D eigenvalue weighted by atomic mass is 10.2. The van der Waals surface area contributed by atoms with Crippen LogP contribution in [0.5, 0.6) is 5.75 Å². The van der Waals surface area contributed by atoms with Crippen LogP contribution in [0.3, 0.4) is 0 Å². The second-order valence-electron chi connectivity index (χ2n) is 4.41. The Morgan fingerprint density at radius 3 is 2.70 bits per heavy atom. The van der Waals surface area contributed by atoms with E-state index in [1.54, 1.807) is 7.05 Å². The average Bonchev–Trinajstić information content (AvgIpc) is 2.46. The molecule has 1 aromatic rings. The summed E-state index contributed by atoms with van der Waals surface area (Å²) in [6, 6.07) is 7.70. The lowest BCUT2D eigenvalue weighted by molar-refractivity contribution is -0.131. The van der Waals surface area contributed by atoms with Crippen LogP contribution >= 0.6 is 0 Å². The molecule has 0 atom stereocenters. The molecule has 0 spiro atoms. The SMILES string of the molecule is Cc1ccccc1OCCN(C)C(=O)CNC(=O)CN. The van der Waals surface area contributed by atoms with E-state index in [0.717, 1.165) is 11.3 Å². The van der Waals surface area contributed by atoms with Gasteiger partial charge in [0.05, 0.1) is 19.6 Å². The van der Waals surface area contributed by atoms with Crippen molar-refractivity contribution >= 4 is 11.8 Å². The average molecular weight is 279 g/mol. The van der Waals surface area contributed by atoms with E-state index in [1.165, 1.54) is 4.90 Å². The lowest BCUT2D eigenvalue weighted by Gasteiger charge is -2.18. The number of nitrogens with one attached hydrogen (secondary N) is 1. The summed E-state index contributed by atoms with van der Waals surface area (Å²) in [5.74, 6) is 0.285. The Kier molecular flexibility index (Phi) is 6.52. The molecule has 2 amide bonds. The predicted octanol–water partition coefficient (Wildman–Crippen LogP) is -0.0929. The number of nitrogens with two attached hydrogens (primary N) is 1. The van der Waals surface area contributed by atoms with E-state index in [9.17, 15) is 9.59 Å². The van der Waals surface area contributed by atoms with Gasteiger partial charge in [-0.2, -0.15) is 0 Å². The maximum atomic E-state index is 11.7. The smallest absolute Gasteiger partial charge is 0.241 e. The first-order valence-corrected chi connectivity index (χ1v) is 6.43. The number of para-hydroxylation sites is 1. The van der Waals surface area contributed by atoms with Crippen LogP contribution in [0.25, 0.3) is 0 Å². The van der Waals surface area contributed by atoms with Gasteiger partial charge in [-0.25, -0.2) is 0 Å². The fraction of sp³-hybridized carbons (Fsp3) is 0.429. The van der Waals surface area contributed by atoms with Gasteiger partial charge in [0.25, 0.3) is 0 Å². The van der Waals surface area contributed by atoms with E-state index in [1.807, 2.05) is 31.2 Å². The summed E-state index contributed by atoms with van der Waals surface area (Å²) in [6.45, 7) is 2.65. The quantitative estimate of drug-likeness (QED) is 0.730. The fourth-order valence-corrected chi connectivity index (χ4v) is 1.52. The highest BCUT2D eigenvalue weighted by atomic mass is 16.5. The highest BCUT2D eigenvalue weighted by Crippen LogP contribution is 2.15. The number of carbonyl (C=O) groups is 2. The zero-order valence-electron chi connectivity index (χ0n) is 11.9. The number of nitrogens with zero attached hydrogens (tertiary/aromatic N) is 1. The monoisotopic (exact) mass is 279 g/mol. The molecule has 110 valence electrons. The molecular formula is C14H21N3O3. The van der Waals surface area contributed by atoms with Crippen molar-refractivity contribution in [3.8, 4) is 5.75 Å². The Labute approximate surface area is 118 Å². The number of amides is 2. The molecule has 0 aliphatic heterocycles. The zero-order valence-corrected chi connectivity index (χ0v) is 11.9. The van der Waals surface area contributed by atoms with Crippen molar-refractivity contribution in [2.45, 2.75) is 6.92 Å². The number of aryl methyl sites for hydroxylation is 1. The summed E-state index contributed by atoms with van der Waals surface area (Å²) in [5, 5.41) is 2.43. The van der Waals surface area contributed by atoms with E-state index < -0.39 is 0 Å².